The zero-order valence-electron chi connectivity index (χ0n) is 18.2. The second-order valence-electron chi connectivity index (χ2n) is 7.19. The Morgan fingerprint density at radius 2 is 1.91 bits per heavy atom. The number of hydrogen-bond donors (Lipinski definition) is 2. The summed E-state index contributed by atoms with van der Waals surface area (Å²) < 4.78 is 11.9. The van der Waals surface area contributed by atoms with Crippen molar-refractivity contribution >= 4 is 34.6 Å². The number of carboxylic acids is 1. The van der Waals surface area contributed by atoms with Crippen LogP contribution in [-0.4, -0.2) is 32.9 Å². The van der Waals surface area contributed by atoms with Gasteiger partial charge in [-0.3, -0.25) is 5.10 Å². The van der Waals surface area contributed by atoms with E-state index in [4.69, 9.17) is 9.47 Å². The topological polar surface area (TPSA) is 97.3 Å². The van der Waals surface area contributed by atoms with Crippen molar-refractivity contribution in [3.8, 4) is 11.5 Å². The lowest BCUT2D eigenvalue weighted by Gasteiger charge is -2.14. The number of aliphatic carboxylic acids is 1. The molecule has 0 amide bonds. The lowest BCUT2D eigenvalue weighted by atomic mass is 10.1. The molecular weight excluding hydrogens is 438 g/mol. The van der Waals surface area contributed by atoms with Crippen LogP contribution in [0, 0.1) is 6.92 Å². The van der Waals surface area contributed by atoms with Gasteiger partial charge in [-0.15, -0.1) is 5.10 Å². The van der Waals surface area contributed by atoms with Crippen molar-refractivity contribution in [2.75, 3.05) is 6.61 Å². The molecule has 0 spiro atoms. The second kappa shape index (κ2) is 10.2. The van der Waals surface area contributed by atoms with E-state index in [9.17, 15) is 9.90 Å². The molecule has 0 bridgehead atoms. The third kappa shape index (κ3) is 5.53. The molecule has 8 heteroatoms. The largest absolute Gasteiger partial charge is 0.490 e. The molecule has 0 fully saturated rings. The number of rotatable bonds is 9. The highest BCUT2D eigenvalue weighted by Crippen LogP contribution is 2.32. The quantitative estimate of drug-likeness (QED) is 0.252. The Morgan fingerprint density at radius 1 is 1.09 bits per heavy atom. The number of ether oxygens (including phenoxy) is 2. The van der Waals surface area contributed by atoms with Crippen molar-refractivity contribution in [2.24, 2.45) is 0 Å². The van der Waals surface area contributed by atoms with Crippen molar-refractivity contribution < 1.29 is 19.4 Å². The molecule has 7 nitrogen and oxygen atoms in total. The fourth-order valence-electron chi connectivity index (χ4n) is 3.33. The fraction of sp³-hybridized carbons (Fsp3) is 0.160. The number of carbonyl (C=O) groups is 1. The molecule has 4 aromatic rings. The van der Waals surface area contributed by atoms with Crippen LogP contribution < -0.4 is 9.47 Å². The van der Waals surface area contributed by atoms with E-state index in [-0.39, 0.29) is 4.91 Å². The van der Waals surface area contributed by atoms with Crippen LogP contribution in [0.3, 0.4) is 0 Å². The number of aromatic amines is 1. The van der Waals surface area contributed by atoms with Crippen LogP contribution in [0.15, 0.2) is 70.7 Å². The van der Waals surface area contributed by atoms with Gasteiger partial charge in [0.25, 0.3) is 0 Å². The molecule has 4 rings (SSSR count). The summed E-state index contributed by atoms with van der Waals surface area (Å²) in [6.45, 7) is 4.49. The van der Waals surface area contributed by atoms with Crippen LogP contribution >= 0.6 is 11.8 Å². The maximum atomic E-state index is 11.7. The monoisotopic (exact) mass is 461 g/mol. The Balaban J connectivity index is 1.57. The summed E-state index contributed by atoms with van der Waals surface area (Å²) in [5, 5.41) is 19.0. The molecule has 0 saturated heterocycles. The Morgan fingerprint density at radius 3 is 2.67 bits per heavy atom. The number of fused-ring (bicyclic) bond motifs is 1. The summed E-state index contributed by atoms with van der Waals surface area (Å²) in [5.74, 6) is 0.705. The average molecular weight is 462 g/mol. The Bertz CT molecular complexity index is 1310. The normalized spacial score (nSPS) is 11.5. The molecule has 2 N–H and O–H groups in total. The van der Waals surface area contributed by atoms with Crippen molar-refractivity contribution in [3.63, 3.8) is 0 Å². The average Bonchev–Trinajstić information content (AvgIpc) is 3.23. The number of aryl methyl sites for hydroxylation is 1. The number of aromatic nitrogens is 3. The summed E-state index contributed by atoms with van der Waals surface area (Å²) >= 11 is 0.981. The van der Waals surface area contributed by atoms with Gasteiger partial charge in [0, 0.05) is 0 Å². The molecule has 33 heavy (non-hydrogen) atoms. The molecule has 0 atom stereocenters. The van der Waals surface area contributed by atoms with Crippen LogP contribution in [0.2, 0.25) is 0 Å². The predicted octanol–water partition coefficient (Wildman–Crippen LogP) is 5.46. The van der Waals surface area contributed by atoms with Gasteiger partial charge in [-0.05, 0) is 65.7 Å². The van der Waals surface area contributed by atoms with E-state index in [0.29, 0.717) is 41.3 Å². The lowest BCUT2D eigenvalue weighted by molar-refractivity contribution is -0.131. The van der Waals surface area contributed by atoms with Crippen molar-refractivity contribution in [2.45, 2.75) is 25.6 Å². The van der Waals surface area contributed by atoms with E-state index < -0.39 is 5.97 Å². The smallest absolute Gasteiger partial charge is 0.342 e. The first-order chi connectivity index (χ1) is 16.0. The third-order valence-corrected chi connectivity index (χ3v) is 5.69. The number of nitrogens with zero attached hydrogens (tertiary/aromatic N) is 2. The summed E-state index contributed by atoms with van der Waals surface area (Å²) in [6, 6.07) is 19.7. The van der Waals surface area contributed by atoms with Gasteiger partial charge in [0.1, 0.15) is 17.3 Å². The minimum absolute atomic E-state index is 0.0980. The van der Waals surface area contributed by atoms with E-state index in [1.807, 2.05) is 31.2 Å². The number of benzene rings is 3. The molecule has 1 heterocycles. The number of hydrogen-bond acceptors (Lipinski definition) is 6. The minimum Gasteiger partial charge on any atom is -0.490 e. The summed E-state index contributed by atoms with van der Waals surface area (Å²) in [6.07, 6.45) is 1.57. The van der Waals surface area contributed by atoms with Crippen LogP contribution in [-0.2, 0) is 11.4 Å². The number of carboxylic acid groups (broad SMARTS) is 1. The highest BCUT2D eigenvalue weighted by atomic mass is 32.2. The van der Waals surface area contributed by atoms with Crippen LogP contribution in [0.5, 0.6) is 11.5 Å². The number of H-pyrrole nitrogens is 1. The van der Waals surface area contributed by atoms with E-state index >= 15 is 0 Å². The number of thioether (sulfide) groups is 1. The summed E-state index contributed by atoms with van der Waals surface area (Å²) in [4.78, 5) is 16.0. The van der Waals surface area contributed by atoms with E-state index in [0.717, 1.165) is 28.1 Å². The lowest BCUT2D eigenvalue weighted by Crippen LogP contribution is -2.01. The van der Waals surface area contributed by atoms with E-state index in [1.54, 1.807) is 31.2 Å². The van der Waals surface area contributed by atoms with Gasteiger partial charge in [-0.1, -0.05) is 48.5 Å². The molecule has 3 aromatic carbocycles. The Hall–Kier alpha value is -3.78. The highest BCUT2D eigenvalue weighted by molar-refractivity contribution is 8.04. The third-order valence-electron chi connectivity index (χ3n) is 4.82. The SMILES string of the molecule is CCOc1cc(/C=C(\Sc2n[nH]c(C)n2)C(=O)O)ccc1OCc1cccc2ccccc12. The maximum absolute atomic E-state index is 11.7. The molecule has 0 aliphatic rings. The van der Waals surface area contributed by atoms with E-state index in [2.05, 4.69) is 33.4 Å². The summed E-state index contributed by atoms with van der Waals surface area (Å²) in [5.41, 5.74) is 1.75. The van der Waals surface area contributed by atoms with Crippen LogP contribution in [0.25, 0.3) is 16.8 Å². The predicted molar refractivity (Wildman–Crippen MR) is 128 cm³/mol. The van der Waals surface area contributed by atoms with Gasteiger partial charge in [0.15, 0.2) is 11.5 Å². The maximum Gasteiger partial charge on any atom is 0.342 e. The summed E-state index contributed by atoms with van der Waals surface area (Å²) in [7, 11) is 0. The molecular formula is C25H23N3O4S. The van der Waals surface area contributed by atoms with Gasteiger partial charge in [-0.25, -0.2) is 9.78 Å². The zero-order chi connectivity index (χ0) is 23.2. The molecule has 0 saturated carbocycles. The van der Waals surface area contributed by atoms with Gasteiger partial charge >= 0.3 is 5.97 Å². The fourth-order valence-corrected chi connectivity index (χ4v) is 4.08. The molecule has 1 aromatic heterocycles. The van der Waals surface area contributed by atoms with Gasteiger partial charge in [0.05, 0.1) is 6.61 Å². The van der Waals surface area contributed by atoms with Crippen molar-refractivity contribution in [1.29, 1.82) is 0 Å². The molecule has 0 unspecified atom stereocenters. The minimum atomic E-state index is -1.06. The van der Waals surface area contributed by atoms with Crippen molar-refractivity contribution in [1.82, 2.24) is 15.2 Å². The van der Waals surface area contributed by atoms with E-state index in [1.165, 1.54) is 0 Å². The zero-order valence-corrected chi connectivity index (χ0v) is 19.1. The van der Waals surface area contributed by atoms with Gasteiger partial charge < -0.3 is 14.6 Å². The van der Waals surface area contributed by atoms with Crippen LogP contribution in [0.1, 0.15) is 23.9 Å². The first-order valence-electron chi connectivity index (χ1n) is 10.4. The number of nitrogens with one attached hydrogen (secondary N) is 1. The Labute approximate surface area is 195 Å². The molecule has 0 radical (unpaired) electrons. The van der Waals surface area contributed by atoms with Gasteiger partial charge in [-0.2, -0.15) is 0 Å². The standard InChI is InChI=1S/C25H23N3O4S/c1-3-31-22-13-17(14-23(24(29)30)33-25-26-16(2)27-28-25)11-12-21(22)32-15-19-9-6-8-18-7-4-5-10-20(18)19/h4-14H,3,15H2,1-2H3,(H,29,30)(H,26,27,28)/b23-14-. The van der Waals surface area contributed by atoms with Crippen molar-refractivity contribution in [3.05, 3.63) is 82.5 Å². The Kier molecular flexibility index (Phi) is 6.95. The molecule has 0 aliphatic heterocycles. The van der Waals surface area contributed by atoms with Crippen LogP contribution in [0.4, 0.5) is 0 Å². The second-order valence-corrected chi connectivity index (χ2v) is 8.19. The van der Waals surface area contributed by atoms with Gasteiger partial charge in [0.2, 0.25) is 5.16 Å². The first kappa shape index (κ1) is 22.4. The molecule has 168 valence electrons. The first-order valence-corrected chi connectivity index (χ1v) is 11.2. The molecule has 0 aliphatic carbocycles. The highest BCUT2D eigenvalue weighted by Gasteiger charge is 2.14.